The van der Waals surface area contributed by atoms with Crippen molar-refractivity contribution < 1.29 is 1.43 Å². The fourth-order valence-corrected chi connectivity index (χ4v) is 3.18. The lowest BCUT2D eigenvalue weighted by Gasteiger charge is -2.59. The van der Waals surface area contributed by atoms with E-state index in [2.05, 4.69) is 20.8 Å². The lowest BCUT2D eigenvalue weighted by molar-refractivity contribution is -0.0988. The van der Waals surface area contributed by atoms with Crippen LogP contribution in [0, 0.1) is 23.2 Å². The molecule has 3 aliphatic rings. The zero-order chi connectivity index (χ0) is 7.35. The molecule has 0 aromatic heterocycles. The van der Waals surface area contributed by atoms with Crippen LogP contribution in [-0.2, 0) is 0 Å². The minimum atomic E-state index is 0. The first-order chi connectivity index (χ1) is 4.62. The first-order valence-electron chi connectivity index (χ1n) is 4.62. The Labute approximate surface area is 65.5 Å². The van der Waals surface area contributed by atoms with Crippen LogP contribution in [0.3, 0.4) is 0 Å². The quantitative estimate of drug-likeness (QED) is 0.483. The van der Waals surface area contributed by atoms with Crippen molar-refractivity contribution in [1.82, 2.24) is 0 Å². The van der Waals surface area contributed by atoms with Crippen LogP contribution in [0.25, 0.3) is 0 Å². The van der Waals surface area contributed by atoms with Gasteiger partial charge in [-0.1, -0.05) is 27.2 Å². The number of rotatable bonds is 0. The molecule has 0 spiro atoms. The van der Waals surface area contributed by atoms with Gasteiger partial charge in [-0.25, -0.2) is 0 Å². The van der Waals surface area contributed by atoms with E-state index in [9.17, 15) is 0 Å². The van der Waals surface area contributed by atoms with Crippen molar-refractivity contribution in [3.05, 3.63) is 0 Å². The number of hydrogen-bond acceptors (Lipinski definition) is 0. The highest BCUT2D eigenvalue weighted by molar-refractivity contribution is 5.01. The summed E-state index contributed by atoms with van der Waals surface area (Å²) in [6.45, 7) is 7.35. The second-order valence-electron chi connectivity index (χ2n) is 4.92. The summed E-state index contributed by atoms with van der Waals surface area (Å²) in [4.78, 5) is 0. The van der Waals surface area contributed by atoms with E-state index in [4.69, 9.17) is 0 Å². The summed E-state index contributed by atoms with van der Waals surface area (Å²) in [6, 6.07) is 0. The zero-order valence-electron chi connectivity index (χ0n) is 8.35. The third-order valence-electron chi connectivity index (χ3n) is 4.20. The topological polar surface area (TPSA) is 0 Å². The summed E-state index contributed by atoms with van der Waals surface area (Å²) in [7, 11) is 0. The van der Waals surface area contributed by atoms with Crippen LogP contribution in [0.2, 0.25) is 0 Å². The predicted octanol–water partition coefficient (Wildman–Crippen LogP) is 3.19. The maximum atomic E-state index is 2.46. The molecule has 0 radical (unpaired) electrons. The van der Waals surface area contributed by atoms with E-state index in [0.29, 0.717) is 5.41 Å². The van der Waals surface area contributed by atoms with Crippen molar-refractivity contribution in [2.45, 2.75) is 40.0 Å². The van der Waals surface area contributed by atoms with E-state index in [0.717, 1.165) is 17.8 Å². The fourth-order valence-electron chi connectivity index (χ4n) is 3.18. The smallest absolute Gasteiger partial charge is 0.0622 e. The molecule has 0 N–H and O–H groups in total. The highest BCUT2D eigenvalue weighted by atomic mass is 14.6. The average Bonchev–Trinajstić information content (AvgIpc) is 1.87. The van der Waals surface area contributed by atoms with Crippen molar-refractivity contribution in [2.24, 2.45) is 23.2 Å². The molecule has 3 rings (SSSR count). The lowest BCUT2D eigenvalue weighted by Crippen LogP contribution is -2.51. The standard InChI is InChI=1S/C10H18/c1-7-4-5-8-6-9(7)10(8,2)3/h7-9H,4-6H2,1-3H3/p+1. The first kappa shape index (κ1) is 6.69. The van der Waals surface area contributed by atoms with Crippen LogP contribution >= 0.6 is 0 Å². The molecule has 3 aliphatic carbocycles. The normalized spacial score (nSPS) is 50.1. The van der Waals surface area contributed by atoms with Crippen molar-refractivity contribution in [3.8, 4) is 0 Å². The molecule has 0 amide bonds. The van der Waals surface area contributed by atoms with E-state index in [-0.39, 0.29) is 1.43 Å². The highest BCUT2D eigenvalue weighted by Gasteiger charge is 2.52. The second-order valence-corrected chi connectivity index (χ2v) is 4.92. The van der Waals surface area contributed by atoms with Crippen LogP contribution in [0.5, 0.6) is 0 Å². The summed E-state index contributed by atoms with van der Waals surface area (Å²) in [5.41, 5.74) is 0.706. The molecule has 58 valence electrons. The van der Waals surface area contributed by atoms with Gasteiger partial charge < -0.3 is 0 Å². The molecule has 0 heteroatoms. The van der Waals surface area contributed by atoms with Gasteiger partial charge in [0.05, 0.1) is 0 Å². The molecule has 3 unspecified atom stereocenters. The molecule has 0 saturated heterocycles. The molecule has 3 saturated carbocycles. The molecule has 0 aromatic carbocycles. The van der Waals surface area contributed by atoms with Gasteiger partial charge in [-0.05, 0) is 36.0 Å². The Kier molecular flexibility index (Phi) is 1.19. The van der Waals surface area contributed by atoms with Crippen LogP contribution in [0.15, 0.2) is 0 Å². The monoisotopic (exact) mass is 139 g/mol. The van der Waals surface area contributed by atoms with E-state index < -0.39 is 0 Å². The molecule has 10 heavy (non-hydrogen) atoms. The minimum absolute atomic E-state index is 0. The van der Waals surface area contributed by atoms with Crippen molar-refractivity contribution >= 4 is 0 Å². The van der Waals surface area contributed by atoms with Gasteiger partial charge in [0.1, 0.15) is 0 Å². The molecular weight excluding hydrogens is 120 g/mol. The summed E-state index contributed by atoms with van der Waals surface area (Å²) >= 11 is 0. The van der Waals surface area contributed by atoms with Gasteiger partial charge in [0.25, 0.3) is 0 Å². The van der Waals surface area contributed by atoms with Gasteiger partial charge in [-0.2, -0.15) is 0 Å². The Balaban J connectivity index is 0.000000605. The molecular formula is C10H19+. The summed E-state index contributed by atoms with van der Waals surface area (Å²) in [6.07, 6.45) is 4.54. The zero-order valence-corrected chi connectivity index (χ0v) is 7.35. The van der Waals surface area contributed by atoms with Crippen LogP contribution in [0.4, 0.5) is 0 Å². The Morgan fingerprint density at radius 1 is 1.30 bits per heavy atom. The van der Waals surface area contributed by atoms with E-state index in [1.165, 1.54) is 19.3 Å². The van der Waals surface area contributed by atoms with E-state index >= 15 is 0 Å². The van der Waals surface area contributed by atoms with Crippen molar-refractivity contribution in [1.29, 1.82) is 0 Å². The van der Waals surface area contributed by atoms with Gasteiger partial charge >= 0.3 is 1.43 Å². The van der Waals surface area contributed by atoms with Crippen LogP contribution < -0.4 is 0 Å². The SMILES string of the molecule is CC1CCC2CC1C2(C)C.[H+]. The molecule has 0 aromatic rings. The highest BCUT2D eigenvalue weighted by Crippen LogP contribution is 2.61. The molecule has 0 heterocycles. The predicted molar refractivity (Wildman–Crippen MR) is 44.9 cm³/mol. The van der Waals surface area contributed by atoms with E-state index in [1.807, 2.05) is 0 Å². The average molecular weight is 139 g/mol. The number of hydrogen-bond donors (Lipinski definition) is 0. The Bertz CT molecular complexity index is 149. The van der Waals surface area contributed by atoms with Crippen LogP contribution in [0.1, 0.15) is 41.5 Å². The van der Waals surface area contributed by atoms with Gasteiger partial charge in [-0.3, -0.25) is 0 Å². The Hall–Kier alpha value is 0. The van der Waals surface area contributed by atoms with Gasteiger partial charge in [-0.15, -0.1) is 0 Å². The van der Waals surface area contributed by atoms with Gasteiger partial charge in [0.2, 0.25) is 0 Å². The molecule has 3 atom stereocenters. The number of fused-ring (bicyclic) bond motifs is 2. The van der Waals surface area contributed by atoms with Gasteiger partial charge in [0.15, 0.2) is 0 Å². The maximum absolute atomic E-state index is 2.46. The summed E-state index contributed by atoms with van der Waals surface area (Å²) in [5, 5.41) is 0. The molecule has 3 fully saturated rings. The van der Waals surface area contributed by atoms with Gasteiger partial charge in [0, 0.05) is 0 Å². The molecule has 0 nitrogen and oxygen atoms in total. The largest absolute Gasteiger partial charge is 1.00 e. The summed E-state index contributed by atoms with van der Waals surface area (Å²) < 4.78 is 0. The maximum Gasteiger partial charge on any atom is 1.00 e. The third kappa shape index (κ3) is 0.627. The molecule has 2 bridgehead atoms. The third-order valence-corrected chi connectivity index (χ3v) is 4.20. The Morgan fingerprint density at radius 2 is 2.00 bits per heavy atom. The Morgan fingerprint density at radius 3 is 2.30 bits per heavy atom. The van der Waals surface area contributed by atoms with Crippen molar-refractivity contribution in [3.63, 3.8) is 0 Å². The van der Waals surface area contributed by atoms with E-state index in [1.54, 1.807) is 0 Å². The minimum Gasteiger partial charge on any atom is -0.0622 e. The molecule has 0 aliphatic heterocycles. The second kappa shape index (κ2) is 1.78. The van der Waals surface area contributed by atoms with Crippen molar-refractivity contribution in [2.75, 3.05) is 0 Å². The fraction of sp³-hybridized carbons (Fsp3) is 1.00. The van der Waals surface area contributed by atoms with Crippen LogP contribution in [-0.4, -0.2) is 0 Å². The summed E-state index contributed by atoms with van der Waals surface area (Å²) in [5.74, 6) is 3.15. The first-order valence-corrected chi connectivity index (χ1v) is 4.62. The lowest BCUT2D eigenvalue weighted by atomic mass is 9.46.